The summed E-state index contributed by atoms with van der Waals surface area (Å²) in [4.78, 5) is 5.62. The fourth-order valence-corrected chi connectivity index (χ4v) is 2.69. The van der Waals surface area contributed by atoms with E-state index in [1.165, 1.54) is 0 Å². The SMILES string of the molecule is CCc1nc(CCOCC(F)(F)F)sc1CNC(C)C. The van der Waals surface area contributed by atoms with E-state index < -0.39 is 12.8 Å². The molecular weight excluding hydrogens is 289 g/mol. The van der Waals surface area contributed by atoms with Crippen LogP contribution in [0.1, 0.15) is 36.3 Å². The van der Waals surface area contributed by atoms with Crippen LogP contribution in [0.4, 0.5) is 13.2 Å². The van der Waals surface area contributed by atoms with Gasteiger partial charge in [0.2, 0.25) is 0 Å². The molecule has 1 heterocycles. The van der Waals surface area contributed by atoms with Crippen LogP contribution in [0.2, 0.25) is 0 Å². The van der Waals surface area contributed by atoms with Crippen molar-refractivity contribution in [2.75, 3.05) is 13.2 Å². The number of halogens is 3. The van der Waals surface area contributed by atoms with Gasteiger partial charge in [-0.25, -0.2) is 4.98 Å². The molecule has 0 fully saturated rings. The Morgan fingerprint density at radius 3 is 2.60 bits per heavy atom. The third-order valence-electron chi connectivity index (χ3n) is 2.55. The predicted octanol–water partition coefficient (Wildman–Crippen LogP) is 3.32. The normalized spacial score (nSPS) is 12.3. The van der Waals surface area contributed by atoms with Gasteiger partial charge in [-0.15, -0.1) is 11.3 Å². The smallest absolute Gasteiger partial charge is 0.372 e. The maximum Gasteiger partial charge on any atom is 0.411 e. The first-order valence-electron chi connectivity index (χ1n) is 6.67. The Morgan fingerprint density at radius 1 is 1.35 bits per heavy atom. The Bertz CT molecular complexity index is 405. The van der Waals surface area contributed by atoms with Crippen LogP contribution in [-0.2, 0) is 24.1 Å². The Kier molecular flexibility index (Phi) is 6.91. The van der Waals surface area contributed by atoms with E-state index in [-0.39, 0.29) is 6.61 Å². The number of alkyl halides is 3. The van der Waals surface area contributed by atoms with Gasteiger partial charge in [-0.1, -0.05) is 20.8 Å². The zero-order valence-corrected chi connectivity index (χ0v) is 12.8. The lowest BCUT2D eigenvalue weighted by Gasteiger charge is -2.06. The number of hydrogen-bond donors (Lipinski definition) is 1. The molecule has 0 saturated heterocycles. The number of nitrogens with one attached hydrogen (secondary N) is 1. The average Bonchev–Trinajstić information content (AvgIpc) is 2.73. The minimum atomic E-state index is -4.26. The van der Waals surface area contributed by atoms with Crippen LogP contribution < -0.4 is 5.32 Å². The van der Waals surface area contributed by atoms with Gasteiger partial charge < -0.3 is 10.1 Å². The van der Waals surface area contributed by atoms with Crippen molar-refractivity contribution in [3.05, 3.63) is 15.6 Å². The van der Waals surface area contributed by atoms with Crippen molar-refractivity contribution < 1.29 is 17.9 Å². The third-order valence-corrected chi connectivity index (χ3v) is 3.71. The first-order chi connectivity index (χ1) is 9.31. The number of ether oxygens (including phenoxy) is 1. The second kappa shape index (κ2) is 7.95. The lowest BCUT2D eigenvalue weighted by Crippen LogP contribution is -2.21. The topological polar surface area (TPSA) is 34.1 Å². The highest BCUT2D eigenvalue weighted by Gasteiger charge is 2.27. The standard InChI is InChI=1S/C13H21F3N2OS/c1-4-10-11(7-17-9(2)3)20-12(18-10)5-6-19-8-13(14,15)16/h9,17H,4-8H2,1-3H3. The molecule has 0 spiro atoms. The molecule has 0 unspecified atom stereocenters. The molecule has 0 aliphatic rings. The quantitative estimate of drug-likeness (QED) is 0.748. The molecule has 1 N–H and O–H groups in total. The molecule has 1 aromatic rings. The van der Waals surface area contributed by atoms with Gasteiger partial charge in [0.15, 0.2) is 0 Å². The summed E-state index contributed by atoms with van der Waals surface area (Å²) in [7, 11) is 0. The average molecular weight is 310 g/mol. The Balaban J connectivity index is 2.46. The number of aromatic nitrogens is 1. The van der Waals surface area contributed by atoms with Crippen molar-refractivity contribution in [2.45, 2.75) is 52.4 Å². The summed E-state index contributed by atoms with van der Waals surface area (Å²) in [6.07, 6.45) is -3.01. The zero-order valence-electron chi connectivity index (χ0n) is 12.0. The number of aryl methyl sites for hydroxylation is 1. The summed E-state index contributed by atoms with van der Waals surface area (Å²) < 4.78 is 40.4. The van der Waals surface area contributed by atoms with E-state index in [4.69, 9.17) is 0 Å². The molecular formula is C13H21F3N2OS. The predicted molar refractivity (Wildman–Crippen MR) is 74.0 cm³/mol. The Hall–Kier alpha value is -0.660. The van der Waals surface area contributed by atoms with Crippen molar-refractivity contribution in [1.82, 2.24) is 10.3 Å². The number of hydrogen-bond acceptors (Lipinski definition) is 4. The molecule has 1 aromatic heterocycles. The van der Waals surface area contributed by atoms with Crippen molar-refractivity contribution in [3.8, 4) is 0 Å². The van der Waals surface area contributed by atoms with E-state index in [2.05, 4.69) is 28.9 Å². The minimum Gasteiger partial charge on any atom is -0.372 e. The first-order valence-corrected chi connectivity index (χ1v) is 7.48. The van der Waals surface area contributed by atoms with Gasteiger partial charge in [-0.3, -0.25) is 0 Å². The fourth-order valence-electron chi connectivity index (χ4n) is 1.60. The number of rotatable bonds is 8. The van der Waals surface area contributed by atoms with Gasteiger partial charge in [0.1, 0.15) is 6.61 Å². The summed E-state index contributed by atoms with van der Waals surface area (Å²) in [6.45, 7) is 5.77. The van der Waals surface area contributed by atoms with Gasteiger partial charge in [0.05, 0.1) is 17.3 Å². The van der Waals surface area contributed by atoms with E-state index in [0.29, 0.717) is 12.5 Å². The Labute approximate surface area is 121 Å². The molecule has 0 aliphatic heterocycles. The van der Waals surface area contributed by atoms with Crippen molar-refractivity contribution >= 4 is 11.3 Å². The summed E-state index contributed by atoms with van der Waals surface area (Å²) in [5.74, 6) is 0. The minimum absolute atomic E-state index is 0.0488. The van der Waals surface area contributed by atoms with E-state index in [9.17, 15) is 13.2 Å². The van der Waals surface area contributed by atoms with Gasteiger partial charge in [0, 0.05) is 23.9 Å². The Morgan fingerprint density at radius 2 is 2.05 bits per heavy atom. The monoisotopic (exact) mass is 310 g/mol. The molecule has 3 nitrogen and oxygen atoms in total. The largest absolute Gasteiger partial charge is 0.411 e. The molecule has 0 bridgehead atoms. The van der Waals surface area contributed by atoms with Crippen LogP contribution in [0.15, 0.2) is 0 Å². The molecule has 0 saturated carbocycles. The highest BCUT2D eigenvalue weighted by atomic mass is 32.1. The van der Waals surface area contributed by atoms with Crippen molar-refractivity contribution in [1.29, 1.82) is 0 Å². The molecule has 0 aromatic carbocycles. The number of nitrogens with zero attached hydrogens (tertiary/aromatic N) is 1. The molecule has 1 rings (SSSR count). The van der Waals surface area contributed by atoms with E-state index >= 15 is 0 Å². The summed E-state index contributed by atoms with van der Waals surface area (Å²) in [6, 6.07) is 0.389. The van der Waals surface area contributed by atoms with Crippen LogP contribution in [0.5, 0.6) is 0 Å². The number of thiazole rings is 1. The maximum atomic E-state index is 11.9. The molecule has 0 radical (unpaired) electrons. The van der Waals surface area contributed by atoms with Gasteiger partial charge in [-0.2, -0.15) is 13.2 Å². The van der Waals surface area contributed by atoms with Crippen molar-refractivity contribution in [3.63, 3.8) is 0 Å². The molecule has 20 heavy (non-hydrogen) atoms. The van der Waals surface area contributed by atoms with Gasteiger partial charge >= 0.3 is 6.18 Å². The zero-order chi connectivity index (χ0) is 15.2. The second-order valence-corrected chi connectivity index (χ2v) is 5.95. The lowest BCUT2D eigenvalue weighted by molar-refractivity contribution is -0.173. The van der Waals surface area contributed by atoms with Crippen LogP contribution in [0, 0.1) is 0 Å². The first kappa shape index (κ1) is 17.4. The van der Waals surface area contributed by atoms with Crippen LogP contribution in [0.3, 0.4) is 0 Å². The fraction of sp³-hybridized carbons (Fsp3) is 0.769. The van der Waals surface area contributed by atoms with Crippen LogP contribution in [-0.4, -0.2) is 30.4 Å². The highest BCUT2D eigenvalue weighted by Crippen LogP contribution is 2.20. The highest BCUT2D eigenvalue weighted by molar-refractivity contribution is 7.11. The summed E-state index contributed by atoms with van der Waals surface area (Å²) >= 11 is 1.55. The molecule has 0 aliphatic carbocycles. The van der Waals surface area contributed by atoms with E-state index in [1.807, 2.05) is 6.92 Å². The molecule has 0 amide bonds. The van der Waals surface area contributed by atoms with Gasteiger partial charge in [0.25, 0.3) is 0 Å². The van der Waals surface area contributed by atoms with Crippen molar-refractivity contribution in [2.24, 2.45) is 0 Å². The van der Waals surface area contributed by atoms with Gasteiger partial charge in [-0.05, 0) is 6.42 Å². The van der Waals surface area contributed by atoms with E-state index in [0.717, 1.165) is 28.5 Å². The maximum absolute atomic E-state index is 11.9. The molecule has 7 heteroatoms. The molecule has 116 valence electrons. The van der Waals surface area contributed by atoms with E-state index in [1.54, 1.807) is 11.3 Å². The third kappa shape index (κ3) is 6.67. The second-order valence-electron chi connectivity index (χ2n) is 4.78. The van der Waals surface area contributed by atoms with Crippen LogP contribution in [0.25, 0.3) is 0 Å². The molecule has 0 atom stereocenters. The lowest BCUT2D eigenvalue weighted by atomic mass is 10.3. The summed E-state index contributed by atoms with van der Waals surface area (Å²) in [5.41, 5.74) is 1.02. The van der Waals surface area contributed by atoms with Crippen LogP contribution >= 0.6 is 11.3 Å². The summed E-state index contributed by atoms with van der Waals surface area (Å²) in [5, 5.41) is 4.16.